The molecule has 1 heterocycles. The summed E-state index contributed by atoms with van der Waals surface area (Å²) in [5.74, 6) is 0.407. The molecule has 0 unspecified atom stereocenters. The maximum Gasteiger partial charge on any atom is 0.253 e. The Morgan fingerprint density at radius 2 is 1.96 bits per heavy atom. The molecule has 0 fully saturated rings. The molecule has 4 nitrogen and oxygen atoms in total. The molecule has 0 N–H and O–H groups in total. The minimum absolute atomic E-state index is 0.0584. The fourth-order valence-electron chi connectivity index (χ4n) is 2.83. The third-order valence-corrected chi connectivity index (χ3v) is 3.98. The van der Waals surface area contributed by atoms with Crippen LogP contribution in [0.3, 0.4) is 0 Å². The molecule has 0 aliphatic rings. The minimum atomic E-state index is -0.302. The van der Waals surface area contributed by atoms with Crippen molar-refractivity contribution in [3.8, 4) is 0 Å². The molecule has 0 saturated heterocycles. The van der Waals surface area contributed by atoms with Crippen molar-refractivity contribution >= 4 is 16.9 Å². The molecule has 1 amide bonds. The van der Waals surface area contributed by atoms with Crippen molar-refractivity contribution in [1.82, 2.24) is 14.5 Å². The zero-order valence-corrected chi connectivity index (χ0v) is 13.9. The Kier molecular flexibility index (Phi) is 4.60. The summed E-state index contributed by atoms with van der Waals surface area (Å²) in [5.41, 5.74) is 2.16. The molecular formula is C19H20FN3O. The van der Waals surface area contributed by atoms with Crippen LogP contribution >= 0.6 is 0 Å². The van der Waals surface area contributed by atoms with Gasteiger partial charge in [-0.3, -0.25) is 4.79 Å². The third-order valence-electron chi connectivity index (χ3n) is 3.98. The summed E-state index contributed by atoms with van der Waals surface area (Å²) in [6.45, 7) is 3.24. The van der Waals surface area contributed by atoms with Crippen molar-refractivity contribution in [2.45, 2.75) is 26.4 Å². The average molecular weight is 325 g/mol. The Morgan fingerprint density at radius 1 is 1.21 bits per heavy atom. The van der Waals surface area contributed by atoms with E-state index in [2.05, 4.69) is 16.5 Å². The number of rotatable bonds is 5. The monoisotopic (exact) mass is 325 g/mol. The van der Waals surface area contributed by atoms with E-state index in [-0.39, 0.29) is 11.7 Å². The number of nitrogens with zero attached hydrogens (tertiary/aromatic N) is 3. The highest BCUT2D eigenvalue weighted by Crippen LogP contribution is 2.19. The highest BCUT2D eigenvalue weighted by molar-refractivity contribution is 5.94. The number of aromatic nitrogens is 2. The molecule has 0 spiro atoms. The van der Waals surface area contributed by atoms with Gasteiger partial charge >= 0.3 is 0 Å². The quantitative estimate of drug-likeness (QED) is 0.714. The summed E-state index contributed by atoms with van der Waals surface area (Å²) in [6.07, 6.45) is 0.937. The number of amides is 1. The lowest BCUT2D eigenvalue weighted by molar-refractivity contribution is 0.0780. The van der Waals surface area contributed by atoms with E-state index in [0.29, 0.717) is 17.6 Å². The Bertz CT molecular complexity index is 858. The van der Waals surface area contributed by atoms with E-state index < -0.39 is 0 Å². The van der Waals surface area contributed by atoms with E-state index in [1.165, 1.54) is 12.1 Å². The first-order valence-electron chi connectivity index (χ1n) is 8.05. The van der Waals surface area contributed by atoms with E-state index in [4.69, 9.17) is 0 Å². The largest absolute Gasteiger partial charge is 0.334 e. The van der Waals surface area contributed by atoms with Gasteiger partial charge in [0.25, 0.3) is 5.91 Å². The van der Waals surface area contributed by atoms with Crippen molar-refractivity contribution in [3.05, 3.63) is 65.7 Å². The number of imidazole rings is 1. The second kappa shape index (κ2) is 6.83. The van der Waals surface area contributed by atoms with E-state index in [9.17, 15) is 9.18 Å². The molecule has 24 heavy (non-hydrogen) atoms. The van der Waals surface area contributed by atoms with Crippen molar-refractivity contribution < 1.29 is 9.18 Å². The van der Waals surface area contributed by atoms with Gasteiger partial charge in [0.1, 0.15) is 11.6 Å². The normalized spacial score (nSPS) is 11.0. The molecule has 0 saturated carbocycles. The number of hydrogen-bond acceptors (Lipinski definition) is 2. The predicted octanol–water partition coefficient (Wildman–Crippen LogP) is 3.86. The number of aryl methyl sites for hydroxylation is 1. The van der Waals surface area contributed by atoms with E-state index in [1.54, 1.807) is 30.1 Å². The second-order valence-electron chi connectivity index (χ2n) is 5.84. The molecule has 0 radical (unpaired) electrons. The molecule has 5 heteroatoms. The van der Waals surface area contributed by atoms with Crippen LogP contribution in [0.25, 0.3) is 11.0 Å². The zero-order chi connectivity index (χ0) is 17.1. The number of carbonyl (C=O) groups excluding carboxylic acids is 1. The molecule has 1 aromatic heterocycles. The van der Waals surface area contributed by atoms with Crippen molar-refractivity contribution in [1.29, 1.82) is 0 Å². The maximum absolute atomic E-state index is 13.5. The Labute approximate surface area is 140 Å². The number of hydrogen-bond donors (Lipinski definition) is 0. The van der Waals surface area contributed by atoms with Gasteiger partial charge in [0, 0.05) is 25.2 Å². The van der Waals surface area contributed by atoms with Crippen LogP contribution in [-0.4, -0.2) is 27.4 Å². The lowest BCUT2D eigenvalue weighted by Crippen LogP contribution is -2.27. The topological polar surface area (TPSA) is 38.1 Å². The van der Waals surface area contributed by atoms with Crippen LogP contribution in [0.4, 0.5) is 4.39 Å². The molecular weight excluding hydrogens is 305 g/mol. The molecule has 0 atom stereocenters. The van der Waals surface area contributed by atoms with Crippen LogP contribution in [0, 0.1) is 5.82 Å². The summed E-state index contributed by atoms with van der Waals surface area (Å²) in [4.78, 5) is 18.7. The van der Waals surface area contributed by atoms with Gasteiger partial charge < -0.3 is 9.47 Å². The highest BCUT2D eigenvalue weighted by atomic mass is 19.1. The highest BCUT2D eigenvalue weighted by Gasteiger charge is 2.17. The summed E-state index contributed by atoms with van der Waals surface area (Å²) >= 11 is 0. The van der Waals surface area contributed by atoms with Crippen LogP contribution in [0.2, 0.25) is 0 Å². The van der Waals surface area contributed by atoms with Crippen LogP contribution in [0.15, 0.2) is 48.5 Å². The lowest BCUT2D eigenvalue weighted by Gasteiger charge is -2.18. The predicted molar refractivity (Wildman–Crippen MR) is 92.2 cm³/mol. The SMILES string of the molecule is CCCn1c(CN(C)C(=O)c2ccccc2)nc2cc(F)ccc21. The zero-order valence-electron chi connectivity index (χ0n) is 13.9. The molecule has 124 valence electrons. The summed E-state index contributed by atoms with van der Waals surface area (Å²) in [7, 11) is 1.76. The molecule has 3 rings (SSSR count). The van der Waals surface area contributed by atoms with Gasteiger partial charge in [0.15, 0.2) is 0 Å². The first kappa shape index (κ1) is 16.2. The minimum Gasteiger partial charge on any atom is -0.334 e. The Balaban J connectivity index is 1.91. The van der Waals surface area contributed by atoms with Crippen LogP contribution in [-0.2, 0) is 13.1 Å². The number of benzene rings is 2. The summed E-state index contributed by atoms with van der Waals surface area (Å²) in [5, 5.41) is 0. The Hall–Kier alpha value is -2.69. The molecule has 3 aromatic rings. The van der Waals surface area contributed by atoms with Crippen LogP contribution in [0.1, 0.15) is 29.5 Å². The fraction of sp³-hybridized carbons (Fsp3) is 0.263. The molecule has 0 aliphatic carbocycles. The number of carbonyl (C=O) groups is 1. The van der Waals surface area contributed by atoms with E-state index in [0.717, 1.165) is 24.3 Å². The van der Waals surface area contributed by atoms with Gasteiger partial charge in [-0.15, -0.1) is 0 Å². The van der Waals surface area contributed by atoms with Gasteiger partial charge in [0.2, 0.25) is 0 Å². The molecule has 2 aromatic carbocycles. The standard InChI is InChI=1S/C19H20FN3O/c1-3-11-23-17-10-9-15(20)12-16(17)21-18(23)13-22(2)19(24)14-7-5-4-6-8-14/h4-10,12H,3,11,13H2,1-2H3. The van der Waals surface area contributed by atoms with Gasteiger partial charge in [-0.1, -0.05) is 25.1 Å². The van der Waals surface area contributed by atoms with Gasteiger partial charge in [-0.25, -0.2) is 9.37 Å². The summed E-state index contributed by atoms with van der Waals surface area (Å²) < 4.78 is 15.5. The maximum atomic E-state index is 13.5. The lowest BCUT2D eigenvalue weighted by atomic mass is 10.2. The first-order chi connectivity index (χ1) is 11.6. The fourth-order valence-corrected chi connectivity index (χ4v) is 2.83. The molecule has 0 aliphatic heterocycles. The van der Waals surface area contributed by atoms with Gasteiger partial charge in [0.05, 0.1) is 17.6 Å². The van der Waals surface area contributed by atoms with Crippen LogP contribution in [0.5, 0.6) is 0 Å². The van der Waals surface area contributed by atoms with Gasteiger partial charge in [-0.05, 0) is 30.7 Å². The van der Waals surface area contributed by atoms with Gasteiger partial charge in [-0.2, -0.15) is 0 Å². The first-order valence-corrected chi connectivity index (χ1v) is 8.05. The smallest absolute Gasteiger partial charge is 0.253 e. The summed E-state index contributed by atoms with van der Waals surface area (Å²) in [6, 6.07) is 13.8. The number of fused-ring (bicyclic) bond motifs is 1. The third kappa shape index (κ3) is 3.15. The average Bonchev–Trinajstić information content (AvgIpc) is 2.91. The second-order valence-corrected chi connectivity index (χ2v) is 5.84. The molecule has 0 bridgehead atoms. The number of halogens is 1. The van der Waals surface area contributed by atoms with Crippen molar-refractivity contribution in [2.24, 2.45) is 0 Å². The van der Waals surface area contributed by atoms with Crippen molar-refractivity contribution in [3.63, 3.8) is 0 Å². The van der Waals surface area contributed by atoms with Crippen LogP contribution < -0.4 is 0 Å². The van der Waals surface area contributed by atoms with E-state index in [1.807, 2.05) is 18.2 Å². The Morgan fingerprint density at radius 3 is 2.67 bits per heavy atom. The van der Waals surface area contributed by atoms with Crippen molar-refractivity contribution in [2.75, 3.05) is 7.05 Å². The van der Waals surface area contributed by atoms with E-state index >= 15 is 0 Å².